The highest BCUT2D eigenvalue weighted by atomic mass is 32.1. The van der Waals surface area contributed by atoms with Gasteiger partial charge in [-0.25, -0.2) is 0 Å². The van der Waals surface area contributed by atoms with Crippen LogP contribution in [0.4, 0.5) is 0 Å². The maximum Gasteiger partial charge on any atom is 0.171 e. The molecule has 1 aromatic carbocycles. The van der Waals surface area contributed by atoms with Crippen LogP contribution in [0, 0.1) is 0 Å². The van der Waals surface area contributed by atoms with Crippen LogP contribution in [0.2, 0.25) is 0 Å². The van der Waals surface area contributed by atoms with E-state index in [-0.39, 0.29) is 18.0 Å². The second kappa shape index (κ2) is 4.86. The molecule has 0 spiro atoms. The van der Waals surface area contributed by atoms with Crippen molar-refractivity contribution < 1.29 is 9.59 Å². The number of ketones is 2. The highest BCUT2D eigenvalue weighted by Crippen LogP contribution is 2.11. The van der Waals surface area contributed by atoms with Crippen molar-refractivity contribution in [1.82, 2.24) is 0 Å². The normalized spacial score (nSPS) is 10.0. The van der Waals surface area contributed by atoms with Crippen LogP contribution in [0.5, 0.6) is 0 Å². The van der Waals surface area contributed by atoms with Crippen molar-refractivity contribution in [3.05, 3.63) is 58.3 Å². The summed E-state index contributed by atoms with van der Waals surface area (Å²) in [6.45, 7) is 0. The molecule has 2 aromatic rings. The Labute approximate surface area is 97.5 Å². The van der Waals surface area contributed by atoms with Gasteiger partial charge in [-0.3, -0.25) is 9.59 Å². The fourth-order valence-corrected chi connectivity index (χ4v) is 2.06. The molecule has 1 aromatic heterocycles. The average Bonchev–Trinajstić information content (AvgIpc) is 2.83. The quantitative estimate of drug-likeness (QED) is 0.597. The molecule has 0 bridgehead atoms. The van der Waals surface area contributed by atoms with Crippen molar-refractivity contribution in [2.75, 3.05) is 0 Å². The van der Waals surface area contributed by atoms with Crippen molar-refractivity contribution in [3.8, 4) is 0 Å². The van der Waals surface area contributed by atoms with E-state index in [2.05, 4.69) is 0 Å². The van der Waals surface area contributed by atoms with Gasteiger partial charge in [0, 0.05) is 16.5 Å². The van der Waals surface area contributed by atoms with Gasteiger partial charge in [0.15, 0.2) is 11.6 Å². The molecule has 3 heteroatoms. The minimum Gasteiger partial charge on any atom is -0.294 e. The molecule has 0 atom stereocenters. The molecule has 0 saturated carbocycles. The average molecular weight is 230 g/mol. The van der Waals surface area contributed by atoms with Crippen LogP contribution in [0.15, 0.2) is 47.2 Å². The Hall–Kier alpha value is -1.74. The lowest BCUT2D eigenvalue weighted by molar-refractivity contribution is 0.0894. The summed E-state index contributed by atoms with van der Waals surface area (Å²) in [4.78, 5) is 23.4. The van der Waals surface area contributed by atoms with E-state index in [9.17, 15) is 9.59 Å². The Balaban J connectivity index is 2.06. The minimum atomic E-state index is -0.128. The predicted molar refractivity (Wildman–Crippen MR) is 64.0 cm³/mol. The zero-order valence-electron chi connectivity index (χ0n) is 8.55. The van der Waals surface area contributed by atoms with Gasteiger partial charge >= 0.3 is 0 Å². The highest BCUT2D eigenvalue weighted by molar-refractivity contribution is 7.08. The van der Waals surface area contributed by atoms with Crippen LogP contribution < -0.4 is 0 Å². The number of thiophene rings is 1. The molecule has 1 heterocycles. The third kappa shape index (κ3) is 2.44. The number of carbonyl (C=O) groups is 2. The lowest BCUT2D eigenvalue weighted by atomic mass is 10.0. The highest BCUT2D eigenvalue weighted by Gasteiger charge is 2.13. The van der Waals surface area contributed by atoms with E-state index in [1.807, 2.05) is 11.4 Å². The second-order valence-corrected chi connectivity index (χ2v) is 4.18. The summed E-state index contributed by atoms with van der Waals surface area (Å²) in [6, 6.07) is 10.6. The van der Waals surface area contributed by atoms with E-state index < -0.39 is 0 Å². The zero-order chi connectivity index (χ0) is 11.4. The predicted octanol–water partition coefficient (Wildman–Crippen LogP) is 3.20. The first-order valence-corrected chi connectivity index (χ1v) is 5.85. The third-order valence-corrected chi connectivity index (χ3v) is 2.94. The molecule has 2 nitrogen and oxygen atoms in total. The second-order valence-electron chi connectivity index (χ2n) is 3.40. The van der Waals surface area contributed by atoms with Gasteiger partial charge in [-0.2, -0.15) is 11.3 Å². The van der Waals surface area contributed by atoms with E-state index in [1.165, 1.54) is 11.3 Å². The third-order valence-electron chi connectivity index (χ3n) is 2.26. The number of carbonyl (C=O) groups excluding carboxylic acids is 2. The fraction of sp³-hybridized carbons (Fsp3) is 0.0769. The number of Topliss-reactive ketones (excluding diaryl/α,β-unsaturated/α-hetero) is 2. The van der Waals surface area contributed by atoms with Gasteiger partial charge in [0.1, 0.15) is 0 Å². The van der Waals surface area contributed by atoms with E-state index in [0.717, 1.165) is 0 Å². The molecule has 0 aliphatic carbocycles. The van der Waals surface area contributed by atoms with Gasteiger partial charge in [0.25, 0.3) is 0 Å². The Morgan fingerprint density at radius 1 is 0.938 bits per heavy atom. The van der Waals surface area contributed by atoms with Crippen LogP contribution in [0.25, 0.3) is 0 Å². The van der Waals surface area contributed by atoms with Crippen LogP contribution in [-0.4, -0.2) is 11.6 Å². The topological polar surface area (TPSA) is 34.1 Å². The monoisotopic (exact) mass is 230 g/mol. The van der Waals surface area contributed by atoms with Gasteiger partial charge in [-0.05, 0) is 11.4 Å². The van der Waals surface area contributed by atoms with E-state index in [0.29, 0.717) is 11.1 Å². The molecule has 0 N–H and O–H groups in total. The van der Waals surface area contributed by atoms with Crippen molar-refractivity contribution in [2.45, 2.75) is 6.42 Å². The van der Waals surface area contributed by atoms with E-state index >= 15 is 0 Å². The van der Waals surface area contributed by atoms with E-state index in [4.69, 9.17) is 0 Å². The fourth-order valence-electron chi connectivity index (χ4n) is 1.40. The summed E-state index contributed by atoms with van der Waals surface area (Å²) < 4.78 is 0. The number of benzene rings is 1. The van der Waals surface area contributed by atoms with Crippen LogP contribution in [0.1, 0.15) is 27.1 Å². The number of hydrogen-bond acceptors (Lipinski definition) is 3. The summed E-state index contributed by atoms with van der Waals surface area (Å²) in [5.41, 5.74) is 1.21. The molecule has 0 fully saturated rings. The molecule has 80 valence electrons. The summed E-state index contributed by atoms with van der Waals surface area (Å²) in [7, 11) is 0. The first-order chi connectivity index (χ1) is 7.77. The Morgan fingerprint density at radius 2 is 1.62 bits per heavy atom. The molecule has 0 amide bonds. The molecular formula is C13H10O2S. The first kappa shape index (κ1) is 10.8. The summed E-state index contributed by atoms with van der Waals surface area (Å²) in [6.07, 6.45) is -0.0548. The molecule has 2 rings (SSSR count). The Kier molecular flexibility index (Phi) is 3.27. The van der Waals surface area contributed by atoms with Crippen LogP contribution in [-0.2, 0) is 0 Å². The van der Waals surface area contributed by atoms with Crippen LogP contribution in [0.3, 0.4) is 0 Å². The molecule has 0 unspecified atom stereocenters. The lowest BCUT2D eigenvalue weighted by Crippen LogP contribution is -2.07. The molecular weight excluding hydrogens is 220 g/mol. The maximum atomic E-state index is 11.7. The molecule has 0 radical (unpaired) electrons. The smallest absolute Gasteiger partial charge is 0.171 e. The van der Waals surface area contributed by atoms with Gasteiger partial charge < -0.3 is 0 Å². The standard InChI is InChI=1S/C13H10O2S/c14-12(10-4-2-1-3-5-10)8-13(15)11-6-7-16-9-11/h1-7,9H,8H2. The maximum absolute atomic E-state index is 11.7. The van der Waals surface area contributed by atoms with Crippen molar-refractivity contribution in [2.24, 2.45) is 0 Å². The Bertz CT molecular complexity index is 486. The molecule has 0 saturated heterocycles. The SMILES string of the molecule is O=C(CC(=O)c1ccsc1)c1ccccc1. The van der Waals surface area contributed by atoms with Gasteiger partial charge in [-0.1, -0.05) is 30.3 Å². The van der Waals surface area contributed by atoms with Crippen molar-refractivity contribution in [3.63, 3.8) is 0 Å². The van der Waals surface area contributed by atoms with Gasteiger partial charge in [-0.15, -0.1) is 0 Å². The van der Waals surface area contributed by atoms with Gasteiger partial charge in [0.2, 0.25) is 0 Å². The summed E-state index contributed by atoms with van der Waals surface area (Å²) >= 11 is 1.46. The molecule has 0 aliphatic rings. The molecule has 16 heavy (non-hydrogen) atoms. The summed E-state index contributed by atoms with van der Waals surface area (Å²) in [5, 5.41) is 3.60. The number of hydrogen-bond donors (Lipinski definition) is 0. The van der Waals surface area contributed by atoms with Crippen molar-refractivity contribution in [1.29, 1.82) is 0 Å². The first-order valence-electron chi connectivity index (χ1n) is 4.91. The van der Waals surface area contributed by atoms with Gasteiger partial charge in [0.05, 0.1) is 6.42 Å². The van der Waals surface area contributed by atoms with Crippen LogP contribution >= 0.6 is 11.3 Å². The van der Waals surface area contributed by atoms with Crippen molar-refractivity contribution >= 4 is 22.9 Å². The Morgan fingerprint density at radius 3 is 2.25 bits per heavy atom. The summed E-state index contributed by atoms with van der Waals surface area (Å²) in [5.74, 6) is -0.244. The van der Waals surface area contributed by atoms with E-state index in [1.54, 1.807) is 35.7 Å². The molecule has 0 aliphatic heterocycles. The zero-order valence-corrected chi connectivity index (χ0v) is 9.37. The lowest BCUT2D eigenvalue weighted by Gasteiger charge is -1.98. The largest absolute Gasteiger partial charge is 0.294 e. The number of rotatable bonds is 4. The minimum absolute atomic E-state index is 0.0548.